The smallest absolute Gasteiger partial charge is 0.267 e. The minimum Gasteiger partial charge on any atom is -0.346 e. The number of fused-ring (bicyclic) bond motifs is 3. The van der Waals surface area contributed by atoms with Crippen molar-refractivity contribution >= 4 is 35.0 Å². The second-order valence-electron chi connectivity index (χ2n) is 7.52. The Bertz CT molecular complexity index is 1050. The van der Waals surface area contributed by atoms with Crippen molar-refractivity contribution < 1.29 is 14.4 Å². The van der Waals surface area contributed by atoms with Crippen LogP contribution in [0.4, 0.5) is 5.69 Å². The molecule has 2 atom stereocenters. The lowest BCUT2D eigenvalue weighted by molar-refractivity contribution is -0.134. The zero-order chi connectivity index (χ0) is 21.5. The van der Waals surface area contributed by atoms with Crippen molar-refractivity contribution in [3.63, 3.8) is 0 Å². The zero-order valence-corrected chi connectivity index (χ0v) is 17.4. The first-order valence-electron chi connectivity index (χ1n) is 9.81. The molecule has 0 aliphatic carbocycles. The van der Waals surface area contributed by atoms with Crippen molar-refractivity contribution in [1.29, 1.82) is 0 Å². The van der Waals surface area contributed by atoms with Gasteiger partial charge in [-0.1, -0.05) is 41.9 Å². The van der Waals surface area contributed by atoms with Crippen LogP contribution in [-0.2, 0) is 9.59 Å². The Kier molecular flexibility index (Phi) is 5.12. The molecule has 1 fully saturated rings. The van der Waals surface area contributed by atoms with Crippen LogP contribution in [0.1, 0.15) is 41.7 Å². The SMILES string of the molecule is C=CCN1C(=O)c2ccccc2N2C(=O)CC[C@]12C(=O)N[C@H](C)c1cccc(Cl)c1. The number of anilines is 1. The van der Waals surface area contributed by atoms with E-state index in [2.05, 4.69) is 11.9 Å². The molecule has 4 rings (SSSR count). The van der Waals surface area contributed by atoms with Crippen LogP contribution in [0.5, 0.6) is 0 Å². The molecule has 1 N–H and O–H groups in total. The molecule has 0 aromatic heterocycles. The van der Waals surface area contributed by atoms with Crippen LogP contribution in [0.25, 0.3) is 0 Å². The van der Waals surface area contributed by atoms with Gasteiger partial charge in [0.15, 0.2) is 0 Å². The number of nitrogens with one attached hydrogen (secondary N) is 1. The van der Waals surface area contributed by atoms with Gasteiger partial charge in [-0.15, -0.1) is 6.58 Å². The van der Waals surface area contributed by atoms with Crippen LogP contribution >= 0.6 is 11.6 Å². The van der Waals surface area contributed by atoms with E-state index in [1.165, 1.54) is 9.80 Å². The van der Waals surface area contributed by atoms with E-state index < -0.39 is 11.6 Å². The average Bonchev–Trinajstić information content (AvgIpc) is 3.09. The highest BCUT2D eigenvalue weighted by molar-refractivity contribution is 6.30. The molecule has 7 heteroatoms. The van der Waals surface area contributed by atoms with Crippen molar-refractivity contribution in [1.82, 2.24) is 10.2 Å². The summed E-state index contributed by atoms with van der Waals surface area (Å²) < 4.78 is 0. The summed E-state index contributed by atoms with van der Waals surface area (Å²) in [7, 11) is 0. The summed E-state index contributed by atoms with van der Waals surface area (Å²) in [6.45, 7) is 5.74. The molecule has 154 valence electrons. The molecular weight excluding hydrogens is 402 g/mol. The lowest BCUT2D eigenvalue weighted by Crippen LogP contribution is -2.70. The van der Waals surface area contributed by atoms with Crippen molar-refractivity contribution in [2.45, 2.75) is 31.5 Å². The molecule has 0 spiro atoms. The molecule has 0 unspecified atom stereocenters. The molecule has 2 aromatic rings. The summed E-state index contributed by atoms with van der Waals surface area (Å²) in [4.78, 5) is 42.8. The highest BCUT2D eigenvalue weighted by Gasteiger charge is 2.60. The quantitative estimate of drug-likeness (QED) is 0.746. The highest BCUT2D eigenvalue weighted by Crippen LogP contribution is 2.44. The first-order valence-corrected chi connectivity index (χ1v) is 10.2. The normalized spacial score (nSPS) is 21.1. The van der Waals surface area contributed by atoms with E-state index in [0.29, 0.717) is 16.3 Å². The third kappa shape index (κ3) is 2.99. The third-order valence-electron chi connectivity index (χ3n) is 5.75. The van der Waals surface area contributed by atoms with Gasteiger partial charge in [0.05, 0.1) is 17.3 Å². The Morgan fingerprint density at radius 3 is 2.77 bits per heavy atom. The van der Waals surface area contributed by atoms with Gasteiger partial charge < -0.3 is 10.2 Å². The number of halogens is 1. The van der Waals surface area contributed by atoms with Gasteiger partial charge in [0.25, 0.3) is 11.8 Å². The van der Waals surface area contributed by atoms with Crippen molar-refractivity contribution in [2.75, 3.05) is 11.4 Å². The molecular formula is C23H22ClN3O3. The summed E-state index contributed by atoms with van der Waals surface area (Å²) >= 11 is 6.09. The molecule has 1 saturated heterocycles. The minimum absolute atomic E-state index is 0.149. The first-order chi connectivity index (χ1) is 14.4. The van der Waals surface area contributed by atoms with Crippen LogP contribution in [0.3, 0.4) is 0 Å². The van der Waals surface area contributed by atoms with Crippen molar-refractivity contribution in [3.05, 3.63) is 77.3 Å². The molecule has 2 heterocycles. The Morgan fingerprint density at radius 1 is 1.27 bits per heavy atom. The molecule has 30 heavy (non-hydrogen) atoms. The molecule has 3 amide bonds. The summed E-state index contributed by atoms with van der Waals surface area (Å²) in [5.41, 5.74) is 0.279. The van der Waals surface area contributed by atoms with E-state index >= 15 is 0 Å². The van der Waals surface area contributed by atoms with Crippen LogP contribution < -0.4 is 10.2 Å². The fourth-order valence-corrected chi connectivity index (χ4v) is 4.53. The van der Waals surface area contributed by atoms with Gasteiger partial charge >= 0.3 is 0 Å². The summed E-state index contributed by atoms with van der Waals surface area (Å²) in [5, 5.41) is 3.56. The van der Waals surface area contributed by atoms with Gasteiger partial charge in [-0.2, -0.15) is 0 Å². The summed E-state index contributed by atoms with van der Waals surface area (Å²) in [5.74, 6) is -0.873. The maximum Gasteiger partial charge on any atom is 0.267 e. The first kappa shape index (κ1) is 20.2. The van der Waals surface area contributed by atoms with Gasteiger partial charge in [0.1, 0.15) is 0 Å². The van der Waals surface area contributed by atoms with Crippen LogP contribution in [0, 0.1) is 0 Å². The predicted molar refractivity (Wildman–Crippen MR) is 115 cm³/mol. The molecule has 0 saturated carbocycles. The van der Waals surface area contributed by atoms with E-state index in [1.807, 2.05) is 19.1 Å². The fraction of sp³-hybridized carbons (Fsp3) is 0.261. The Hall–Kier alpha value is -3.12. The molecule has 2 aliphatic heterocycles. The van der Waals surface area contributed by atoms with Gasteiger partial charge in [-0.25, -0.2) is 0 Å². The molecule has 2 aliphatic rings. The maximum atomic E-state index is 13.7. The average molecular weight is 424 g/mol. The maximum absolute atomic E-state index is 13.7. The lowest BCUT2D eigenvalue weighted by Gasteiger charge is -2.49. The number of carbonyl (C=O) groups excluding carboxylic acids is 3. The van der Waals surface area contributed by atoms with E-state index in [1.54, 1.807) is 42.5 Å². The van der Waals surface area contributed by atoms with Crippen LogP contribution in [0.15, 0.2) is 61.2 Å². The Labute approximate surface area is 180 Å². The number of hydrogen-bond acceptors (Lipinski definition) is 3. The van der Waals surface area contributed by atoms with Crippen molar-refractivity contribution in [3.8, 4) is 0 Å². The van der Waals surface area contributed by atoms with E-state index in [0.717, 1.165) is 5.56 Å². The van der Waals surface area contributed by atoms with Crippen molar-refractivity contribution in [2.24, 2.45) is 0 Å². The number of amides is 3. The number of carbonyl (C=O) groups is 3. The number of nitrogens with zero attached hydrogens (tertiary/aromatic N) is 2. The molecule has 2 aromatic carbocycles. The summed E-state index contributed by atoms with van der Waals surface area (Å²) in [6, 6.07) is 13.8. The van der Waals surface area contributed by atoms with E-state index in [-0.39, 0.29) is 37.2 Å². The van der Waals surface area contributed by atoms with Crippen LogP contribution in [-0.4, -0.2) is 34.8 Å². The largest absolute Gasteiger partial charge is 0.346 e. The Balaban J connectivity index is 1.78. The zero-order valence-electron chi connectivity index (χ0n) is 16.6. The van der Waals surface area contributed by atoms with Crippen LogP contribution in [0.2, 0.25) is 5.02 Å². The van der Waals surface area contributed by atoms with Gasteiger partial charge in [0, 0.05) is 24.4 Å². The number of para-hydroxylation sites is 1. The number of benzene rings is 2. The van der Waals surface area contributed by atoms with Gasteiger partial charge in [-0.05, 0) is 36.8 Å². The lowest BCUT2D eigenvalue weighted by atomic mass is 9.95. The third-order valence-corrected chi connectivity index (χ3v) is 5.98. The second-order valence-corrected chi connectivity index (χ2v) is 7.95. The number of rotatable bonds is 5. The molecule has 0 bridgehead atoms. The second kappa shape index (κ2) is 7.61. The molecule has 6 nitrogen and oxygen atoms in total. The number of hydrogen-bond donors (Lipinski definition) is 1. The predicted octanol–water partition coefficient (Wildman–Crippen LogP) is 3.68. The standard InChI is InChI=1S/C23H22ClN3O3/c1-3-13-26-21(29)18-9-4-5-10-19(18)27-20(28)11-12-23(26,27)22(30)25-15(2)16-7-6-8-17(24)14-16/h3-10,14-15H,1,11-13H2,2H3,(H,25,30)/t15-,23+/m1/s1. The molecule has 0 radical (unpaired) electrons. The highest BCUT2D eigenvalue weighted by atomic mass is 35.5. The topological polar surface area (TPSA) is 69.7 Å². The Morgan fingerprint density at radius 2 is 2.03 bits per heavy atom. The minimum atomic E-state index is -1.43. The fourth-order valence-electron chi connectivity index (χ4n) is 4.34. The monoisotopic (exact) mass is 423 g/mol. The van der Waals surface area contributed by atoms with Gasteiger partial charge in [0.2, 0.25) is 11.6 Å². The van der Waals surface area contributed by atoms with Gasteiger partial charge in [-0.3, -0.25) is 19.3 Å². The van der Waals surface area contributed by atoms with E-state index in [4.69, 9.17) is 11.6 Å². The summed E-state index contributed by atoms with van der Waals surface area (Å²) in [6.07, 6.45) is 1.96. The van der Waals surface area contributed by atoms with E-state index in [9.17, 15) is 14.4 Å².